The number of nitrogens with one attached hydrogen (secondary N) is 1. The Bertz CT molecular complexity index is 756. The Labute approximate surface area is 144 Å². The molecular weight excluding hydrogens is 332 g/mol. The largest absolute Gasteiger partial charge is 0.349 e. The molecule has 1 N–H and O–H groups in total. The summed E-state index contributed by atoms with van der Waals surface area (Å²) in [5.41, 5.74) is 0.915. The molecule has 24 heavy (non-hydrogen) atoms. The number of carbonyl (C=O) groups excluding carboxylic acids is 1. The molecule has 0 aliphatic heterocycles. The molecule has 5 heteroatoms. The van der Waals surface area contributed by atoms with Gasteiger partial charge in [-0.05, 0) is 55.2 Å². The van der Waals surface area contributed by atoms with Gasteiger partial charge in [-0.15, -0.1) is 0 Å². The number of amides is 1. The minimum atomic E-state index is -0.912. The molecule has 126 valence electrons. The first-order valence-corrected chi connectivity index (χ1v) is 8.32. The van der Waals surface area contributed by atoms with Gasteiger partial charge in [0.2, 0.25) is 5.91 Å². The smallest absolute Gasteiger partial charge is 0.231 e. The fourth-order valence-corrected chi connectivity index (χ4v) is 3.27. The molecule has 0 aromatic heterocycles. The van der Waals surface area contributed by atoms with E-state index in [1.54, 1.807) is 19.1 Å². The normalized spacial score (nSPS) is 17.0. The molecule has 0 bridgehead atoms. The Morgan fingerprint density at radius 1 is 1.12 bits per heavy atom. The summed E-state index contributed by atoms with van der Waals surface area (Å²) < 4.78 is 26.4. The van der Waals surface area contributed by atoms with Crippen molar-refractivity contribution in [1.82, 2.24) is 5.32 Å². The third kappa shape index (κ3) is 3.03. The van der Waals surface area contributed by atoms with Gasteiger partial charge in [0, 0.05) is 5.02 Å². The van der Waals surface area contributed by atoms with Crippen LogP contribution in [-0.4, -0.2) is 5.91 Å². The molecule has 0 radical (unpaired) electrons. The van der Waals surface area contributed by atoms with Gasteiger partial charge in [-0.2, -0.15) is 0 Å². The number of hydrogen-bond donors (Lipinski definition) is 1. The van der Waals surface area contributed by atoms with E-state index < -0.39 is 23.1 Å². The molecule has 3 rings (SSSR count). The fraction of sp³-hybridized carbons (Fsp3) is 0.316. The number of hydrogen-bond acceptors (Lipinski definition) is 1. The summed E-state index contributed by atoms with van der Waals surface area (Å²) in [7, 11) is 0. The summed E-state index contributed by atoms with van der Waals surface area (Å²) in [4.78, 5) is 12.9. The number of rotatable bonds is 4. The third-order valence-corrected chi connectivity index (χ3v) is 5.08. The van der Waals surface area contributed by atoms with E-state index in [4.69, 9.17) is 11.6 Å². The maximum absolute atomic E-state index is 13.4. The molecule has 2 aromatic rings. The first-order valence-electron chi connectivity index (χ1n) is 7.94. The Hall–Kier alpha value is -1.94. The quantitative estimate of drug-likeness (QED) is 0.834. The van der Waals surface area contributed by atoms with Gasteiger partial charge in [-0.25, -0.2) is 8.78 Å². The van der Waals surface area contributed by atoms with Crippen molar-refractivity contribution in [1.29, 1.82) is 0 Å². The molecular formula is C19H18ClF2NO. The van der Waals surface area contributed by atoms with Crippen LogP contribution in [0.3, 0.4) is 0 Å². The first kappa shape index (κ1) is 16.9. The average Bonchev–Trinajstić information content (AvgIpc) is 2.50. The van der Waals surface area contributed by atoms with Crippen molar-refractivity contribution in [2.45, 2.75) is 37.6 Å². The summed E-state index contributed by atoms with van der Waals surface area (Å²) in [6.45, 7) is 1.76. The van der Waals surface area contributed by atoms with Gasteiger partial charge in [-0.3, -0.25) is 4.79 Å². The molecule has 1 aliphatic carbocycles. The van der Waals surface area contributed by atoms with Crippen LogP contribution in [0.1, 0.15) is 43.4 Å². The van der Waals surface area contributed by atoms with Crippen molar-refractivity contribution in [2.75, 3.05) is 0 Å². The van der Waals surface area contributed by atoms with Crippen LogP contribution < -0.4 is 5.32 Å². The first-order chi connectivity index (χ1) is 11.4. The topological polar surface area (TPSA) is 29.1 Å². The van der Waals surface area contributed by atoms with Crippen LogP contribution in [0.15, 0.2) is 42.5 Å². The molecule has 1 unspecified atom stereocenters. The lowest BCUT2D eigenvalue weighted by atomic mass is 9.63. The number of halogens is 3. The highest BCUT2D eigenvalue weighted by Gasteiger charge is 2.45. The summed E-state index contributed by atoms with van der Waals surface area (Å²) >= 11 is 5.93. The molecule has 1 saturated carbocycles. The Morgan fingerprint density at radius 3 is 2.33 bits per heavy atom. The summed E-state index contributed by atoms with van der Waals surface area (Å²) in [5.74, 6) is -1.90. The Balaban J connectivity index is 1.79. The molecule has 1 aliphatic rings. The van der Waals surface area contributed by atoms with Crippen LogP contribution in [0, 0.1) is 11.6 Å². The van der Waals surface area contributed by atoms with Crippen LogP contribution in [-0.2, 0) is 10.2 Å². The van der Waals surface area contributed by atoms with Crippen molar-refractivity contribution in [3.05, 3.63) is 70.2 Å². The highest BCUT2D eigenvalue weighted by Crippen LogP contribution is 2.44. The lowest BCUT2D eigenvalue weighted by molar-refractivity contribution is -0.130. The van der Waals surface area contributed by atoms with E-state index in [1.165, 1.54) is 6.07 Å². The minimum Gasteiger partial charge on any atom is -0.349 e. The van der Waals surface area contributed by atoms with Crippen LogP contribution in [0.25, 0.3) is 0 Å². The zero-order valence-electron chi connectivity index (χ0n) is 13.3. The van der Waals surface area contributed by atoms with Crippen LogP contribution in [0.5, 0.6) is 0 Å². The van der Waals surface area contributed by atoms with E-state index in [-0.39, 0.29) is 5.91 Å². The van der Waals surface area contributed by atoms with Crippen molar-refractivity contribution in [3.63, 3.8) is 0 Å². The van der Waals surface area contributed by atoms with Gasteiger partial charge in [0.15, 0.2) is 11.6 Å². The maximum Gasteiger partial charge on any atom is 0.231 e. The van der Waals surface area contributed by atoms with Gasteiger partial charge < -0.3 is 5.32 Å². The predicted octanol–water partition coefficient (Wildman–Crippen LogP) is 4.92. The fourth-order valence-electron chi connectivity index (χ4n) is 3.15. The predicted molar refractivity (Wildman–Crippen MR) is 89.9 cm³/mol. The lowest BCUT2D eigenvalue weighted by Crippen LogP contribution is -2.49. The highest BCUT2D eigenvalue weighted by atomic mass is 35.5. The van der Waals surface area contributed by atoms with E-state index in [0.717, 1.165) is 37.0 Å². The van der Waals surface area contributed by atoms with Crippen molar-refractivity contribution < 1.29 is 13.6 Å². The molecule has 1 fully saturated rings. The van der Waals surface area contributed by atoms with E-state index >= 15 is 0 Å². The molecule has 0 heterocycles. The standard InChI is InChI=1S/C19H18ClF2NO/c1-12(13-3-8-16(21)17(22)11-13)23-18(24)19(9-2-10-19)14-4-6-15(20)7-5-14/h3-8,11-12H,2,9-10H2,1H3,(H,23,24). The summed E-state index contributed by atoms with van der Waals surface area (Å²) in [5, 5.41) is 3.57. The van der Waals surface area contributed by atoms with E-state index in [2.05, 4.69) is 5.32 Å². The number of benzene rings is 2. The van der Waals surface area contributed by atoms with Gasteiger partial charge in [-0.1, -0.05) is 36.2 Å². The van der Waals surface area contributed by atoms with Gasteiger partial charge >= 0.3 is 0 Å². The zero-order chi connectivity index (χ0) is 17.3. The molecule has 1 atom stereocenters. The molecule has 2 nitrogen and oxygen atoms in total. The van der Waals surface area contributed by atoms with E-state index in [1.807, 2.05) is 12.1 Å². The van der Waals surface area contributed by atoms with Crippen molar-refractivity contribution in [2.24, 2.45) is 0 Å². The summed E-state index contributed by atoms with van der Waals surface area (Å²) in [6.07, 6.45) is 2.52. The van der Waals surface area contributed by atoms with Gasteiger partial charge in [0.05, 0.1) is 11.5 Å². The highest BCUT2D eigenvalue weighted by molar-refractivity contribution is 6.30. The molecule has 1 amide bonds. The zero-order valence-corrected chi connectivity index (χ0v) is 14.0. The average molecular weight is 350 g/mol. The summed E-state index contributed by atoms with van der Waals surface area (Å²) in [6, 6.07) is 10.6. The molecule has 0 saturated heterocycles. The monoisotopic (exact) mass is 349 g/mol. The molecule has 0 spiro atoms. The lowest BCUT2D eigenvalue weighted by Gasteiger charge is -2.41. The third-order valence-electron chi connectivity index (χ3n) is 4.83. The minimum absolute atomic E-state index is 0.0895. The van der Waals surface area contributed by atoms with Crippen LogP contribution >= 0.6 is 11.6 Å². The van der Waals surface area contributed by atoms with E-state index in [0.29, 0.717) is 10.6 Å². The molecule has 2 aromatic carbocycles. The number of carbonyl (C=O) groups is 1. The van der Waals surface area contributed by atoms with Crippen molar-refractivity contribution in [3.8, 4) is 0 Å². The second kappa shape index (κ2) is 6.52. The van der Waals surface area contributed by atoms with Crippen molar-refractivity contribution >= 4 is 17.5 Å². The SMILES string of the molecule is CC(NC(=O)C1(c2ccc(Cl)cc2)CCC1)c1ccc(F)c(F)c1. The maximum atomic E-state index is 13.4. The Kier molecular flexibility index (Phi) is 4.59. The van der Waals surface area contributed by atoms with E-state index in [9.17, 15) is 13.6 Å². The second-order valence-corrected chi connectivity index (χ2v) is 6.75. The second-order valence-electron chi connectivity index (χ2n) is 6.31. The van der Waals surface area contributed by atoms with Crippen LogP contribution in [0.4, 0.5) is 8.78 Å². The Morgan fingerprint density at radius 2 is 1.79 bits per heavy atom. The van der Waals surface area contributed by atoms with Gasteiger partial charge in [0.25, 0.3) is 0 Å². The van der Waals surface area contributed by atoms with Gasteiger partial charge in [0.1, 0.15) is 0 Å². The van der Waals surface area contributed by atoms with Crippen LogP contribution in [0.2, 0.25) is 5.02 Å².